The van der Waals surface area contributed by atoms with Gasteiger partial charge in [-0.3, -0.25) is 9.69 Å². The summed E-state index contributed by atoms with van der Waals surface area (Å²) in [5.74, 6) is -0.789. The summed E-state index contributed by atoms with van der Waals surface area (Å²) in [5.41, 5.74) is 0.0184. The molecule has 5 nitrogen and oxygen atoms in total. The number of piperidine rings is 1. The smallest absolute Gasteiger partial charge is 0.306 e. The molecule has 5 heteroatoms. The number of carbonyl (C=O) groups is 1. The van der Waals surface area contributed by atoms with Gasteiger partial charge in [0.2, 0.25) is 0 Å². The molecule has 0 radical (unpaired) electrons. The molecule has 0 saturated carbocycles. The Balaban J connectivity index is 1.62. The van der Waals surface area contributed by atoms with Crippen LogP contribution in [-0.2, 0) is 14.3 Å². The first-order valence-corrected chi connectivity index (χ1v) is 8.30. The quantitative estimate of drug-likeness (QED) is 0.843. The average Bonchev–Trinajstić information content (AvgIpc) is 2.48. The van der Waals surface area contributed by atoms with Gasteiger partial charge in [-0.25, -0.2) is 0 Å². The average molecular weight is 297 g/mol. The van der Waals surface area contributed by atoms with Crippen LogP contribution in [0.4, 0.5) is 0 Å². The summed E-state index contributed by atoms with van der Waals surface area (Å²) >= 11 is 0. The molecule has 3 aliphatic heterocycles. The maximum Gasteiger partial charge on any atom is 0.306 e. The Morgan fingerprint density at radius 1 is 1.24 bits per heavy atom. The van der Waals surface area contributed by atoms with Crippen molar-refractivity contribution < 1.29 is 19.4 Å². The number of nitrogens with zero attached hydrogens (tertiary/aromatic N) is 1. The number of ether oxygens (including phenoxy) is 2. The molecular formula is C16H27NO4. The zero-order valence-corrected chi connectivity index (χ0v) is 12.9. The minimum atomic E-state index is -0.630. The minimum Gasteiger partial charge on any atom is -0.481 e. The molecule has 3 atom stereocenters. The summed E-state index contributed by atoms with van der Waals surface area (Å²) in [6, 6.07) is 0.904. The highest BCUT2D eigenvalue weighted by Gasteiger charge is 2.43. The van der Waals surface area contributed by atoms with Crippen LogP contribution < -0.4 is 0 Å². The van der Waals surface area contributed by atoms with Gasteiger partial charge in [-0.1, -0.05) is 0 Å². The van der Waals surface area contributed by atoms with Crippen LogP contribution in [-0.4, -0.2) is 60.0 Å². The van der Waals surface area contributed by atoms with Crippen molar-refractivity contribution in [3.8, 4) is 0 Å². The van der Waals surface area contributed by atoms with Gasteiger partial charge in [0.25, 0.3) is 0 Å². The molecule has 120 valence electrons. The lowest BCUT2D eigenvalue weighted by Gasteiger charge is -2.49. The molecule has 0 aliphatic carbocycles. The van der Waals surface area contributed by atoms with Gasteiger partial charge in [0.1, 0.15) is 0 Å². The van der Waals surface area contributed by atoms with E-state index in [2.05, 4.69) is 11.8 Å². The lowest BCUT2D eigenvalue weighted by molar-refractivity contribution is -0.159. The number of rotatable bonds is 2. The van der Waals surface area contributed by atoms with Crippen LogP contribution in [0.15, 0.2) is 0 Å². The Morgan fingerprint density at radius 3 is 2.67 bits per heavy atom. The lowest BCUT2D eigenvalue weighted by atomic mass is 9.81. The summed E-state index contributed by atoms with van der Waals surface area (Å²) in [6.45, 7) is 5.54. The van der Waals surface area contributed by atoms with Crippen LogP contribution in [0.2, 0.25) is 0 Å². The van der Waals surface area contributed by atoms with E-state index in [0.717, 1.165) is 64.9 Å². The first-order valence-electron chi connectivity index (χ1n) is 8.30. The predicted molar refractivity (Wildman–Crippen MR) is 78.3 cm³/mol. The van der Waals surface area contributed by atoms with Crippen molar-refractivity contribution in [2.24, 2.45) is 5.92 Å². The van der Waals surface area contributed by atoms with Crippen molar-refractivity contribution in [1.82, 2.24) is 4.90 Å². The second kappa shape index (κ2) is 6.23. The van der Waals surface area contributed by atoms with Crippen molar-refractivity contribution >= 4 is 5.97 Å². The van der Waals surface area contributed by atoms with Gasteiger partial charge < -0.3 is 14.6 Å². The van der Waals surface area contributed by atoms with E-state index in [1.54, 1.807) is 0 Å². The maximum absolute atomic E-state index is 11.2. The Kier molecular flexibility index (Phi) is 4.52. The van der Waals surface area contributed by atoms with E-state index in [0.29, 0.717) is 12.1 Å². The van der Waals surface area contributed by atoms with Gasteiger partial charge in [-0.05, 0) is 52.0 Å². The third-order valence-corrected chi connectivity index (χ3v) is 5.62. The van der Waals surface area contributed by atoms with Gasteiger partial charge in [-0.2, -0.15) is 0 Å². The summed E-state index contributed by atoms with van der Waals surface area (Å²) in [5, 5.41) is 9.20. The summed E-state index contributed by atoms with van der Waals surface area (Å²) in [6.07, 6.45) is 5.73. The molecule has 0 aromatic carbocycles. The molecule has 3 saturated heterocycles. The first kappa shape index (κ1) is 15.3. The van der Waals surface area contributed by atoms with Crippen molar-refractivity contribution in [1.29, 1.82) is 0 Å². The summed E-state index contributed by atoms with van der Waals surface area (Å²) < 4.78 is 11.6. The molecule has 21 heavy (non-hydrogen) atoms. The first-order chi connectivity index (χ1) is 10.1. The molecular weight excluding hydrogens is 270 g/mol. The van der Waals surface area contributed by atoms with Gasteiger partial charge in [0.15, 0.2) is 0 Å². The van der Waals surface area contributed by atoms with Crippen LogP contribution >= 0.6 is 0 Å². The second-order valence-electron chi connectivity index (χ2n) is 6.94. The fourth-order valence-electron chi connectivity index (χ4n) is 4.33. The molecule has 0 aromatic heterocycles. The van der Waals surface area contributed by atoms with Crippen LogP contribution in [0, 0.1) is 5.92 Å². The van der Waals surface area contributed by atoms with Crippen molar-refractivity contribution in [2.45, 2.75) is 63.1 Å². The molecule has 0 bridgehead atoms. The standard InChI is InChI=1S/C16H27NO4/c1-12-10-13(15(18)19)2-6-17(12)14-3-7-21-16(11-14)4-8-20-9-5-16/h12-14H,2-11H2,1H3,(H,18,19). The fraction of sp³-hybridized carbons (Fsp3) is 0.938. The van der Waals surface area contributed by atoms with Crippen LogP contribution in [0.5, 0.6) is 0 Å². The van der Waals surface area contributed by atoms with Gasteiger partial charge >= 0.3 is 5.97 Å². The van der Waals surface area contributed by atoms with Gasteiger partial charge in [0, 0.05) is 31.9 Å². The van der Waals surface area contributed by atoms with E-state index in [4.69, 9.17) is 9.47 Å². The number of carboxylic acid groups (broad SMARTS) is 1. The highest BCUT2D eigenvalue weighted by molar-refractivity contribution is 5.70. The van der Waals surface area contributed by atoms with E-state index in [1.807, 2.05) is 0 Å². The molecule has 3 fully saturated rings. The third kappa shape index (κ3) is 3.25. The molecule has 3 heterocycles. The fourth-order valence-corrected chi connectivity index (χ4v) is 4.33. The molecule has 3 unspecified atom stereocenters. The normalized spacial score (nSPS) is 37.5. The number of aliphatic carboxylic acids is 1. The summed E-state index contributed by atoms with van der Waals surface area (Å²) in [7, 11) is 0. The van der Waals surface area contributed by atoms with E-state index in [-0.39, 0.29) is 11.5 Å². The molecule has 1 N–H and O–H groups in total. The topological polar surface area (TPSA) is 59.0 Å². The minimum absolute atomic E-state index is 0.0184. The number of hydrogen-bond acceptors (Lipinski definition) is 4. The SMILES string of the molecule is CC1CC(C(=O)O)CCN1C1CCOC2(CCOCC2)C1. The van der Waals surface area contributed by atoms with E-state index < -0.39 is 5.97 Å². The Hall–Kier alpha value is -0.650. The summed E-state index contributed by atoms with van der Waals surface area (Å²) in [4.78, 5) is 13.7. The zero-order chi connectivity index (χ0) is 14.9. The Morgan fingerprint density at radius 2 is 2.00 bits per heavy atom. The lowest BCUT2D eigenvalue weighted by Crippen LogP contribution is -2.55. The Labute approximate surface area is 126 Å². The Bertz CT molecular complexity index is 375. The van der Waals surface area contributed by atoms with Crippen LogP contribution in [0.25, 0.3) is 0 Å². The third-order valence-electron chi connectivity index (χ3n) is 5.62. The molecule has 1 spiro atoms. The van der Waals surface area contributed by atoms with Gasteiger partial charge in [0.05, 0.1) is 11.5 Å². The van der Waals surface area contributed by atoms with E-state index in [1.165, 1.54) is 0 Å². The maximum atomic E-state index is 11.2. The van der Waals surface area contributed by atoms with Crippen molar-refractivity contribution in [2.75, 3.05) is 26.4 Å². The predicted octanol–water partition coefficient (Wildman–Crippen LogP) is 1.90. The monoisotopic (exact) mass is 297 g/mol. The molecule has 0 aromatic rings. The van der Waals surface area contributed by atoms with Crippen LogP contribution in [0.1, 0.15) is 45.4 Å². The van der Waals surface area contributed by atoms with Crippen LogP contribution in [0.3, 0.4) is 0 Å². The zero-order valence-electron chi connectivity index (χ0n) is 12.9. The second-order valence-corrected chi connectivity index (χ2v) is 6.94. The van der Waals surface area contributed by atoms with Gasteiger partial charge in [-0.15, -0.1) is 0 Å². The highest BCUT2D eigenvalue weighted by Crippen LogP contribution is 2.38. The molecule has 3 aliphatic rings. The van der Waals surface area contributed by atoms with Crippen molar-refractivity contribution in [3.63, 3.8) is 0 Å². The number of hydrogen-bond donors (Lipinski definition) is 1. The molecule has 3 rings (SSSR count). The van der Waals surface area contributed by atoms with Crippen molar-refractivity contribution in [3.05, 3.63) is 0 Å². The van der Waals surface area contributed by atoms with E-state index in [9.17, 15) is 9.90 Å². The molecule has 0 amide bonds. The number of carboxylic acids is 1. The largest absolute Gasteiger partial charge is 0.481 e. The highest BCUT2D eigenvalue weighted by atomic mass is 16.5. The number of likely N-dealkylation sites (tertiary alicyclic amines) is 1. The van der Waals surface area contributed by atoms with E-state index >= 15 is 0 Å².